The number of hydrogen-bond acceptors (Lipinski definition) is 4. The average molecular weight is 329 g/mol. The maximum absolute atomic E-state index is 11.6. The number of esters is 1. The van der Waals surface area contributed by atoms with Crippen LogP contribution in [0, 0.1) is 0 Å². The zero-order valence-corrected chi connectivity index (χ0v) is 10.4. The average Bonchev–Trinajstić information content (AvgIpc) is 2.74. The molecule has 1 aromatic carbocycles. The van der Waals surface area contributed by atoms with Crippen LogP contribution in [-0.2, 0) is 11.3 Å². The highest BCUT2D eigenvalue weighted by atomic mass is 127. The number of ether oxygens (including phenoxy) is 1. The molecule has 0 bridgehead atoms. The van der Waals surface area contributed by atoms with Gasteiger partial charge in [0, 0.05) is 0 Å². The second-order valence-corrected chi connectivity index (χ2v) is 3.96. The van der Waals surface area contributed by atoms with Crippen LogP contribution < -0.4 is 0 Å². The molecule has 2 aromatic rings. The van der Waals surface area contributed by atoms with Crippen molar-refractivity contribution < 1.29 is 9.53 Å². The maximum atomic E-state index is 11.6. The molecule has 0 unspecified atom stereocenters. The van der Waals surface area contributed by atoms with Gasteiger partial charge in [0.05, 0.1) is 29.1 Å². The van der Waals surface area contributed by atoms with Crippen LogP contribution in [0.1, 0.15) is 16.1 Å². The third kappa shape index (κ3) is 2.57. The van der Waals surface area contributed by atoms with Crippen LogP contribution in [0.5, 0.6) is 0 Å². The van der Waals surface area contributed by atoms with Crippen LogP contribution in [0.4, 0.5) is 0 Å². The number of aromatic nitrogens is 3. The van der Waals surface area contributed by atoms with E-state index in [1.165, 1.54) is 9.09 Å². The van der Waals surface area contributed by atoms with Gasteiger partial charge in [-0.15, -0.1) is 5.10 Å². The van der Waals surface area contributed by atoms with E-state index in [0.717, 1.165) is 5.56 Å². The Bertz CT molecular complexity index is 484. The van der Waals surface area contributed by atoms with Crippen LogP contribution in [0.3, 0.4) is 0 Å². The second kappa shape index (κ2) is 5.06. The molecule has 0 aliphatic rings. The molecule has 1 aromatic heterocycles. The van der Waals surface area contributed by atoms with Gasteiger partial charge in [0.1, 0.15) is 6.61 Å². The van der Waals surface area contributed by atoms with Crippen molar-refractivity contribution in [1.29, 1.82) is 0 Å². The fourth-order valence-corrected chi connectivity index (χ4v) is 1.58. The van der Waals surface area contributed by atoms with Gasteiger partial charge in [-0.05, 0) is 5.56 Å². The van der Waals surface area contributed by atoms with E-state index in [-0.39, 0.29) is 6.61 Å². The molecule has 0 aliphatic heterocycles. The van der Waals surface area contributed by atoms with Crippen LogP contribution in [-0.4, -0.2) is 19.2 Å². The quantitative estimate of drug-likeness (QED) is 0.637. The van der Waals surface area contributed by atoms with Gasteiger partial charge >= 0.3 is 5.97 Å². The van der Waals surface area contributed by atoms with E-state index in [1.54, 1.807) is 0 Å². The van der Waals surface area contributed by atoms with E-state index in [9.17, 15) is 4.79 Å². The molecule has 2 rings (SSSR count). The Balaban J connectivity index is 1.97. The van der Waals surface area contributed by atoms with E-state index >= 15 is 0 Å². The van der Waals surface area contributed by atoms with E-state index in [2.05, 4.69) is 10.3 Å². The Hall–Kier alpha value is -1.44. The first-order valence-corrected chi connectivity index (χ1v) is 5.52. The molecule has 16 heavy (non-hydrogen) atoms. The topological polar surface area (TPSA) is 57.0 Å². The lowest BCUT2D eigenvalue weighted by Crippen LogP contribution is -2.08. The number of carbonyl (C=O) groups excluding carboxylic acids is 1. The van der Waals surface area contributed by atoms with E-state index in [0.29, 0.717) is 5.69 Å². The van der Waals surface area contributed by atoms with Crippen molar-refractivity contribution in [2.75, 3.05) is 0 Å². The zero-order chi connectivity index (χ0) is 11.4. The Morgan fingerprint density at radius 3 is 2.75 bits per heavy atom. The summed E-state index contributed by atoms with van der Waals surface area (Å²) >= 11 is 1.87. The first kappa shape index (κ1) is 11.1. The zero-order valence-electron chi connectivity index (χ0n) is 8.21. The minimum atomic E-state index is -0.428. The fraction of sp³-hybridized carbons (Fsp3) is 0.100. The van der Waals surface area contributed by atoms with E-state index < -0.39 is 5.97 Å². The van der Waals surface area contributed by atoms with E-state index in [4.69, 9.17) is 4.74 Å². The molecule has 0 saturated heterocycles. The Morgan fingerprint density at radius 2 is 2.12 bits per heavy atom. The molecule has 0 aliphatic carbocycles. The number of hydrogen-bond donors (Lipinski definition) is 0. The summed E-state index contributed by atoms with van der Waals surface area (Å²) in [6, 6.07) is 9.50. The normalized spacial score (nSPS) is 10.1. The highest BCUT2D eigenvalue weighted by Gasteiger charge is 2.13. The summed E-state index contributed by atoms with van der Waals surface area (Å²) in [5, 5.41) is 7.25. The van der Waals surface area contributed by atoms with Gasteiger partial charge in [-0.2, -0.15) is 2.90 Å². The smallest absolute Gasteiger partial charge is 0.359 e. The summed E-state index contributed by atoms with van der Waals surface area (Å²) in [6.07, 6.45) is 1.37. The fourth-order valence-electron chi connectivity index (χ4n) is 1.15. The van der Waals surface area contributed by atoms with Crippen LogP contribution in [0.2, 0.25) is 0 Å². The number of rotatable bonds is 3. The summed E-state index contributed by atoms with van der Waals surface area (Å²) in [5.41, 5.74) is 1.28. The molecule has 0 spiro atoms. The van der Waals surface area contributed by atoms with Gasteiger partial charge < -0.3 is 4.74 Å². The number of carbonyl (C=O) groups is 1. The molecule has 82 valence electrons. The number of benzene rings is 1. The summed E-state index contributed by atoms with van der Waals surface area (Å²) in [5.74, 6) is -0.428. The summed E-state index contributed by atoms with van der Waals surface area (Å²) in [6.45, 7) is 0.251. The Kier molecular flexibility index (Phi) is 3.50. The van der Waals surface area contributed by atoms with Crippen molar-refractivity contribution in [3.05, 3.63) is 47.8 Å². The number of nitrogens with zero attached hydrogens (tertiary/aromatic N) is 3. The largest absolute Gasteiger partial charge is 0.456 e. The van der Waals surface area contributed by atoms with Crippen molar-refractivity contribution >= 4 is 28.8 Å². The SMILES string of the molecule is O=C(OCc1ccccc1)c1cnnn1I. The standard InChI is InChI=1S/C10H8IN3O2/c11-14-9(6-12-13-14)10(15)16-7-8-4-2-1-3-5-8/h1-6H,7H2. The van der Waals surface area contributed by atoms with Crippen molar-refractivity contribution in [3.63, 3.8) is 0 Å². The minimum Gasteiger partial charge on any atom is -0.456 e. The lowest BCUT2D eigenvalue weighted by atomic mass is 10.2. The molecular weight excluding hydrogens is 321 g/mol. The molecule has 0 amide bonds. The Morgan fingerprint density at radius 1 is 1.38 bits per heavy atom. The summed E-state index contributed by atoms with van der Waals surface area (Å²) < 4.78 is 6.46. The second-order valence-electron chi connectivity index (χ2n) is 3.04. The third-order valence-electron chi connectivity index (χ3n) is 1.93. The van der Waals surface area contributed by atoms with Crippen LogP contribution in [0.25, 0.3) is 0 Å². The van der Waals surface area contributed by atoms with Gasteiger partial charge in [-0.25, -0.2) is 4.79 Å². The van der Waals surface area contributed by atoms with Crippen molar-refractivity contribution in [3.8, 4) is 0 Å². The summed E-state index contributed by atoms with van der Waals surface area (Å²) in [7, 11) is 0. The predicted octanol–water partition coefficient (Wildman–Crippen LogP) is 1.83. The van der Waals surface area contributed by atoms with Gasteiger partial charge in [0.2, 0.25) is 0 Å². The molecule has 5 nitrogen and oxygen atoms in total. The van der Waals surface area contributed by atoms with Gasteiger partial charge in [-0.1, -0.05) is 35.5 Å². The van der Waals surface area contributed by atoms with Gasteiger partial charge in [-0.3, -0.25) is 0 Å². The van der Waals surface area contributed by atoms with Crippen LogP contribution in [0.15, 0.2) is 36.5 Å². The third-order valence-corrected chi connectivity index (χ3v) is 2.64. The number of halogens is 1. The highest BCUT2D eigenvalue weighted by Crippen LogP contribution is 2.06. The minimum absolute atomic E-state index is 0.251. The molecule has 0 radical (unpaired) electrons. The van der Waals surface area contributed by atoms with Gasteiger partial charge in [0.15, 0.2) is 5.69 Å². The van der Waals surface area contributed by atoms with E-state index in [1.807, 2.05) is 53.2 Å². The lowest BCUT2D eigenvalue weighted by molar-refractivity contribution is 0.0465. The van der Waals surface area contributed by atoms with Crippen molar-refractivity contribution in [1.82, 2.24) is 13.2 Å². The molecule has 0 saturated carbocycles. The first-order chi connectivity index (χ1) is 7.77. The monoisotopic (exact) mass is 329 g/mol. The van der Waals surface area contributed by atoms with Crippen molar-refractivity contribution in [2.24, 2.45) is 0 Å². The molecule has 6 heteroatoms. The van der Waals surface area contributed by atoms with Crippen molar-refractivity contribution in [2.45, 2.75) is 6.61 Å². The molecule has 0 fully saturated rings. The molecular formula is C10H8IN3O2. The highest BCUT2D eigenvalue weighted by molar-refractivity contribution is 14.1. The Labute approximate surface area is 106 Å². The maximum Gasteiger partial charge on any atom is 0.359 e. The molecule has 0 N–H and O–H groups in total. The van der Waals surface area contributed by atoms with Gasteiger partial charge in [0.25, 0.3) is 0 Å². The summed E-state index contributed by atoms with van der Waals surface area (Å²) in [4.78, 5) is 11.6. The predicted molar refractivity (Wildman–Crippen MR) is 65.0 cm³/mol. The van der Waals surface area contributed by atoms with Crippen LogP contribution >= 0.6 is 22.9 Å². The molecule has 0 atom stereocenters. The lowest BCUT2D eigenvalue weighted by Gasteiger charge is -2.03. The first-order valence-electron chi connectivity index (χ1n) is 4.55. The molecule has 1 heterocycles.